The predicted molar refractivity (Wildman–Crippen MR) is 100 cm³/mol. The quantitative estimate of drug-likeness (QED) is 0.428. The van der Waals surface area contributed by atoms with Gasteiger partial charge in [0, 0.05) is 11.8 Å². The maximum absolute atomic E-state index is 13.1. The van der Waals surface area contributed by atoms with Crippen molar-refractivity contribution in [2.45, 2.75) is 20.8 Å². The van der Waals surface area contributed by atoms with E-state index >= 15 is 0 Å². The minimum Gasteiger partial charge on any atom is -0.452 e. The molecule has 148 valence electrons. The van der Waals surface area contributed by atoms with Gasteiger partial charge in [-0.2, -0.15) is 0 Å². The zero-order chi connectivity index (χ0) is 21.0. The summed E-state index contributed by atoms with van der Waals surface area (Å²) in [7, 11) is 0. The first kappa shape index (κ1) is 21.0. The number of esters is 1. The van der Waals surface area contributed by atoms with Crippen LogP contribution in [0, 0.1) is 29.8 Å². The predicted octanol–water partition coefficient (Wildman–Crippen LogP) is 3.17. The van der Waals surface area contributed by atoms with Crippen LogP contribution >= 0.6 is 11.3 Å². The summed E-state index contributed by atoms with van der Waals surface area (Å²) in [6, 6.07) is 2.65. The van der Waals surface area contributed by atoms with Crippen molar-refractivity contribution in [2.75, 3.05) is 17.2 Å². The number of rotatable bonds is 6. The minimum absolute atomic E-state index is 0.137. The summed E-state index contributed by atoms with van der Waals surface area (Å²) in [6.07, 6.45) is 0. The second kappa shape index (κ2) is 8.57. The molecule has 0 aliphatic heterocycles. The molecule has 2 amide bonds. The number of halogens is 1. The van der Waals surface area contributed by atoms with E-state index in [1.54, 1.807) is 13.8 Å². The molecular formula is C17H16FN3O6S. The lowest BCUT2D eigenvalue weighted by atomic mass is 10.1. The van der Waals surface area contributed by atoms with Crippen LogP contribution in [-0.4, -0.2) is 29.3 Å². The molecule has 0 radical (unpaired) electrons. The Kier molecular flexibility index (Phi) is 6.41. The number of benzene rings is 1. The molecule has 0 fully saturated rings. The normalized spacial score (nSPS) is 10.3. The molecule has 0 spiro atoms. The molecule has 1 heterocycles. The lowest BCUT2D eigenvalue weighted by Crippen LogP contribution is -2.22. The maximum Gasteiger partial charge on any atom is 0.341 e. The van der Waals surface area contributed by atoms with E-state index in [0.29, 0.717) is 16.6 Å². The maximum atomic E-state index is 13.1. The van der Waals surface area contributed by atoms with Crippen molar-refractivity contribution < 1.29 is 28.4 Å². The summed E-state index contributed by atoms with van der Waals surface area (Å²) in [5.41, 5.74) is -0.113. The number of thiophene rings is 1. The number of ether oxygens (including phenoxy) is 1. The van der Waals surface area contributed by atoms with Crippen LogP contribution in [0.1, 0.15) is 27.7 Å². The zero-order valence-electron chi connectivity index (χ0n) is 15.1. The fourth-order valence-corrected chi connectivity index (χ4v) is 3.37. The Hall–Kier alpha value is -3.34. The molecule has 0 unspecified atom stereocenters. The second-order valence-corrected chi connectivity index (χ2v) is 6.94. The zero-order valence-corrected chi connectivity index (χ0v) is 15.9. The highest BCUT2D eigenvalue weighted by molar-refractivity contribution is 7.16. The number of hydrogen-bond acceptors (Lipinski definition) is 7. The van der Waals surface area contributed by atoms with Crippen molar-refractivity contribution in [3.8, 4) is 0 Å². The summed E-state index contributed by atoms with van der Waals surface area (Å²) >= 11 is 1.20. The van der Waals surface area contributed by atoms with Crippen LogP contribution in [0.4, 0.5) is 20.8 Å². The Bertz CT molecular complexity index is 972. The number of carbonyl (C=O) groups excluding carboxylic acids is 3. The highest BCUT2D eigenvalue weighted by Gasteiger charge is 2.23. The Morgan fingerprint density at radius 2 is 1.93 bits per heavy atom. The van der Waals surface area contributed by atoms with E-state index in [2.05, 4.69) is 10.6 Å². The number of amides is 2. The standard InChI is InChI=1S/C17H16FN3O6S/c1-8-9(2)28-16(19-10(3)22)15(8)17(24)27-7-14(23)20-12-5-4-11(18)6-13(12)21(25)26/h4-6H,7H2,1-3H3,(H,19,22)(H,20,23). The van der Waals surface area contributed by atoms with Gasteiger partial charge in [0.1, 0.15) is 16.5 Å². The summed E-state index contributed by atoms with van der Waals surface area (Å²) in [4.78, 5) is 46.5. The van der Waals surface area contributed by atoms with Gasteiger partial charge in [0.2, 0.25) is 5.91 Å². The number of hydrogen-bond donors (Lipinski definition) is 2. The van der Waals surface area contributed by atoms with Crippen molar-refractivity contribution in [2.24, 2.45) is 0 Å². The van der Waals surface area contributed by atoms with Crippen LogP contribution < -0.4 is 10.6 Å². The van der Waals surface area contributed by atoms with Gasteiger partial charge < -0.3 is 15.4 Å². The largest absolute Gasteiger partial charge is 0.452 e. The van der Waals surface area contributed by atoms with Gasteiger partial charge in [-0.05, 0) is 31.5 Å². The third-order valence-corrected chi connectivity index (χ3v) is 4.77. The highest BCUT2D eigenvalue weighted by Crippen LogP contribution is 2.33. The molecule has 0 atom stereocenters. The number of nitro groups is 1. The monoisotopic (exact) mass is 409 g/mol. The van der Waals surface area contributed by atoms with Crippen molar-refractivity contribution in [1.29, 1.82) is 0 Å². The first-order chi connectivity index (χ1) is 13.1. The van der Waals surface area contributed by atoms with Gasteiger partial charge in [0.25, 0.3) is 11.6 Å². The Balaban J connectivity index is 2.09. The molecule has 2 aromatic rings. The Morgan fingerprint density at radius 3 is 2.54 bits per heavy atom. The van der Waals surface area contributed by atoms with Crippen molar-refractivity contribution in [3.63, 3.8) is 0 Å². The summed E-state index contributed by atoms with van der Waals surface area (Å²) < 4.78 is 18.1. The molecule has 2 N–H and O–H groups in total. The molecule has 0 bridgehead atoms. The SMILES string of the molecule is CC(=O)Nc1sc(C)c(C)c1C(=O)OCC(=O)Nc1ccc(F)cc1[N+](=O)[O-]. The van der Waals surface area contributed by atoms with Gasteiger partial charge in [-0.15, -0.1) is 11.3 Å². The van der Waals surface area contributed by atoms with Gasteiger partial charge in [-0.25, -0.2) is 9.18 Å². The molecular weight excluding hydrogens is 393 g/mol. The van der Waals surface area contributed by atoms with Gasteiger partial charge in [0.15, 0.2) is 6.61 Å². The molecule has 0 saturated heterocycles. The molecule has 0 aliphatic carbocycles. The number of anilines is 2. The van der Waals surface area contributed by atoms with E-state index in [9.17, 15) is 28.9 Å². The van der Waals surface area contributed by atoms with Crippen LogP contribution in [0.15, 0.2) is 18.2 Å². The van der Waals surface area contributed by atoms with Gasteiger partial charge >= 0.3 is 5.97 Å². The average Bonchev–Trinajstić information content (AvgIpc) is 2.87. The van der Waals surface area contributed by atoms with Crippen molar-refractivity contribution in [3.05, 3.63) is 50.1 Å². The van der Waals surface area contributed by atoms with E-state index < -0.39 is 34.9 Å². The topological polar surface area (TPSA) is 128 Å². The van der Waals surface area contributed by atoms with E-state index in [4.69, 9.17) is 4.74 Å². The van der Waals surface area contributed by atoms with E-state index in [1.807, 2.05) is 0 Å². The van der Waals surface area contributed by atoms with E-state index in [-0.39, 0.29) is 17.2 Å². The van der Waals surface area contributed by atoms with Crippen molar-refractivity contribution >= 4 is 45.5 Å². The molecule has 1 aromatic heterocycles. The van der Waals surface area contributed by atoms with E-state index in [1.165, 1.54) is 18.3 Å². The second-order valence-electron chi connectivity index (χ2n) is 5.71. The highest BCUT2D eigenvalue weighted by atomic mass is 32.1. The lowest BCUT2D eigenvalue weighted by Gasteiger charge is -2.08. The van der Waals surface area contributed by atoms with Crippen LogP contribution in [0.5, 0.6) is 0 Å². The first-order valence-electron chi connectivity index (χ1n) is 7.88. The number of aryl methyl sites for hydroxylation is 1. The Morgan fingerprint density at radius 1 is 1.25 bits per heavy atom. The van der Waals surface area contributed by atoms with Crippen LogP contribution in [-0.2, 0) is 14.3 Å². The fraction of sp³-hybridized carbons (Fsp3) is 0.235. The van der Waals surface area contributed by atoms with Crippen LogP contribution in [0.2, 0.25) is 0 Å². The van der Waals surface area contributed by atoms with Crippen molar-refractivity contribution in [1.82, 2.24) is 0 Å². The Labute approximate surface area is 162 Å². The van der Waals surface area contributed by atoms with Crippen LogP contribution in [0.25, 0.3) is 0 Å². The van der Waals surface area contributed by atoms with Gasteiger partial charge in [-0.3, -0.25) is 19.7 Å². The molecule has 0 saturated carbocycles. The van der Waals surface area contributed by atoms with Crippen LogP contribution in [0.3, 0.4) is 0 Å². The molecule has 2 rings (SSSR count). The average molecular weight is 409 g/mol. The van der Waals surface area contributed by atoms with E-state index in [0.717, 1.165) is 17.0 Å². The smallest absolute Gasteiger partial charge is 0.341 e. The summed E-state index contributed by atoms with van der Waals surface area (Å²) in [6.45, 7) is 4.02. The number of nitrogens with one attached hydrogen (secondary N) is 2. The van der Waals surface area contributed by atoms with Gasteiger partial charge in [0.05, 0.1) is 16.6 Å². The molecule has 0 aliphatic rings. The number of nitrogens with zero attached hydrogens (tertiary/aromatic N) is 1. The first-order valence-corrected chi connectivity index (χ1v) is 8.70. The number of nitro benzene ring substituents is 1. The number of carbonyl (C=O) groups is 3. The molecule has 1 aromatic carbocycles. The summed E-state index contributed by atoms with van der Waals surface area (Å²) in [5, 5.41) is 16.0. The molecule has 9 nitrogen and oxygen atoms in total. The van der Waals surface area contributed by atoms with Gasteiger partial charge in [-0.1, -0.05) is 0 Å². The third-order valence-electron chi connectivity index (χ3n) is 3.64. The molecule has 11 heteroatoms. The third kappa shape index (κ3) is 4.88. The minimum atomic E-state index is -0.845. The lowest BCUT2D eigenvalue weighted by molar-refractivity contribution is -0.384. The summed E-state index contributed by atoms with van der Waals surface area (Å²) in [5.74, 6) is -2.86. The molecule has 28 heavy (non-hydrogen) atoms. The fourth-order valence-electron chi connectivity index (χ4n) is 2.27.